The molecule has 0 spiro atoms. The molecule has 1 aliphatic heterocycles. The molecule has 2 atom stereocenters. The molecule has 1 fully saturated rings. The molecule has 20 heavy (non-hydrogen) atoms. The number of benzene rings is 1. The van der Waals surface area contributed by atoms with Crippen molar-refractivity contribution in [3.8, 4) is 0 Å². The maximum Gasteiger partial charge on any atom is 0.275 e. The maximum atomic E-state index is 11.3. The average Bonchev–Trinajstić information content (AvgIpc) is 2.46. The van der Waals surface area contributed by atoms with Gasteiger partial charge in [0.15, 0.2) is 0 Å². The van der Waals surface area contributed by atoms with E-state index in [-0.39, 0.29) is 22.6 Å². The van der Waals surface area contributed by atoms with Gasteiger partial charge < -0.3 is 5.73 Å². The molecule has 0 aliphatic carbocycles. The third-order valence-electron chi connectivity index (χ3n) is 4.08. The molecule has 2 N–H and O–H groups in total. The highest BCUT2D eigenvalue weighted by atomic mass is 79.9. The van der Waals surface area contributed by atoms with E-state index in [1.54, 1.807) is 6.07 Å². The van der Waals surface area contributed by atoms with Gasteiger partial charge >= 0.3 is 0 Å². The molecule has 6 heteroatoms. The first-order chi connectivity index (χ1) is 9.58. The Bertz CT molecular complexity index is 483. The molecule has 0 aromatic heterocycles. The van der Waals surface area contributed by atoms with Gasteiger partial charge in [-0.1, -0.05) is 22.9 Å². The number of nitrogens with two attached hydrogens (primary N) is 1. The highest BCUT2D eigenvalue weighted by Crippen LogP contribution is 2.40. The summed E-state index contributed by atoms with van der Waals surface area (Å²) in [5.41, 5.74) is 6.87. The number of hydrogen-bond donors (Lipinski definition) is 1. The summed E-state index contributed by atoms with van der Waals surface area (Å²) >= 11 is 3.31. The summed E-state index contributed by atoms with van der Waals surface area (Å²) in [6, 6.07) is 5.38. The molecule has 0 bridgehead atoms. The fourth-order valence-electron chi connectivity index (χ4n) is 3.13. The van der Waals surface area contributed by atoms with Gasteiger partial charge in [-0.2, -0.15) is 0 Å². The van der Waals surface area contributed by atoms with Gasteiger partial charge in [-0.05, 0) is 50.5 Å². The molecule has 0 amide bonds. The molecule has 2 unspecified atom stereocenters. The Labute approximate surface area is 127 Å². The highest BCUT2D eigenvalue weighted by Gasteiger charge is 2.35. The van der Waals surface area contributed by atoms with Gasteiger partial charge in [0.25, 0.3) is 5.69 Å². The van der Waals surface area contributed by atoms with Crippen LogP contribution >= 0.6 is 15.9 Å². The van der Waals surface area contributed by atoms with Crippen molar-refractivity contribution in [1.82, 2.24) is 4.90 Å². The molecule has 0 saturated carbocycles. The first-order valence-electron chi connectivity index (χ1n) is 6.96. The Morgan fingerprint density at radius 1 is 1.55 bits per heavy atom. The van der Waals surface area contributed by atoms with E-state index in [0.29, 0.717) is 6.54 Å². The maximum absolute atomic E-state index is 11.3. The Morgan fingerprint density at radius 3 is 2.90 bits per heavy atom. The number of nitro benzene ring substituents is 1. The van der Waals surface area contributed by atoms with Crippen LogP contribution < -0.4 is 5.73 Å². The average molecular weight is 342 g/mol. The van der Waals surface area contributed by atoms with Crippen LogP contribution in [-0.2, 0) is 0 Å². The fraction of sp³-hybridized carbons (Fsp3) is 0.571. The molecule has 2 rings (SSSR count). The minimum atomic E-state index is -0.296. The Kier molecular flexibility index (Phi) is 5.12. The van der Waals surface area contributed by atoms with Crippen molar-refractivity contribution < 1.29 is 4.92 Å². The summed E-state index contributed by atoms with van der Waals surface area (Å²) in [5.74, 6) is 0.281. The zero-order chi connectivity index (χ0) is 14.7. The van der Waals surface area contributed by atoms with Gasteiger partial charge in [0.1, 0.15) is 0 Å². The normalized spacial score (nSPS) is 23.8. The lowest BCUT2D eigenvalue weighted by molar-refractivity contribution is -0.386. The van der Waals surface area contributed by atoms with Crippen LogP contribution in [0.2, 0.25) is 0 Å². The van der Waals surface area contributed by atoms with E-state index in [1.165, 1.54) is 0 Å². The highest BCUT2D eigenvalue weighted by molar-refractivity contribution is 9.10. The Hall–Kier alpha value is -0.980. The first-order valence-corrected chi connectivity index (χ1v) is 7.75. The molecule has 1 aliphatic rings. The van der Waals surface area contributed by atoms with Crippen molar-refractivity contribution in [3.05, 3.63) is 38.3 Å². The number of halogens is 1. The Balaban J connectivity index is 2.47. The fourth-order valence-corrected chi connectivity index (χ4v) is 3.48. The van der Waals surface area contributed by atoms with E-state index >= 15 is 0 Å². The molecule has 110 valence electrons. The van der Waals surface area contributed by atoms with E-state index in [1.807, 2.05) is 12.1 Å². The van der Waals surface area contributed by atoms with Crippen molar-refractivity contribution in [3.63, 3.8) is 0 Å². The molecule has 1 heterocycles. The van der Waals surface area contributed by atoms with Crippen molar-refractivity contribution in [2.75, 3.05) is 19.6 Å². The molecule has 1 aromatic rings. The van der Waals surface area contributed by atoms with Gasteiger partial charge in [0, 0.05) is 22.1 Å². The summed E-state index contributed by atoms with van der Waals surface area (Å²) in [6.45, 7) is 4.52. The summed E-state index contributed by atoms with van der Waals surface area (Å²) in [6.07, 6.45) is 2.14. The van der Waals surface area contributed by atoms with Gasteiger partial charge in [-0.15, -0.1) is 0 Å². The third kappa shape index (κ3) is 3.02. The van der Waals surface area contributed by atoms with E-state index in [0.717, 1.165) is 36.0 Å². The molecule has 1 aromatic carbocycles. The van der Waals surface area contributed by atoms with Crippen molar-refractivity contribution >= 4 is 21.6 Å². The predicted octanol–water partition coefficient (Wildman–Crippen LogP) is 3.09. The summed E-state index contributed by atoms with van der Waals surface area (Å²) in [7, 11) is 0. The van der Waals surface area contributed by atoms with Gasteiger partial charge in [-0.3, -0.25) is 15.0 Å². The standard InChI is InChI=1S/C14H20BrN3O2/c1-2-17-7-3-4-10(9-16)14(17)12-6-5-11(15)8-13(12)18(19)20/h5-6,8,10,14H,2-4,7,9,16H2,1H3. The first kappa shape index (κ1) is 15.4. The van der Waals surface area contributed by atoms with Crippen molar-refractivity contribution in [2.45, 2.75) is 25.8 Å². The third-order valence-corrected chi connectivity index (χ3v) is 4.57. The number of nitro groups is 1. The van der Waals surface area contributed by atoms with Crippen LogP contribution in [0.15, 0.2) is 22.7 Å². The molecular formula is C14H20BrN3O2. The van der Waals surface area contributed by atoms with E-state index in [9.17, 15) is 10.1 Å². The topological polar surface area (TPSA) is 72.4 Å². The zero-order valence-corrected chi connectivity index (χ0v) is 13.2. The largest absolute Gasteiger partial charge is 0.330 e. The number of rotatable bonds is 4. The Morgan fingerprint density at radius 2 is 2.30 bits per heavy atom. The van der Waals surface area contributed by atoms with Crippen LogP contribution in [0, 0.1) is 16.0 Å². The van der Waals surface area contributed by atoms with Gasteiger partial charge in [0.05, 0.1) is 4.92 Å². The summed E-state index contributed by atoms with van der Waals surface area (Å²) in [5, 5.41) is 11.3. The monoisotopic (exact) mass is 341 g/mol. The molecule has 5 nitrogen and oxygen atoms in total. The number of likely N-dealkylation sites (tertiary alicyclic amines) is 1. The van der Waals surface area contributed by atoms with Crippen LogP contribution in [0.25, 0.3) is 0 Å². The van der Waals surface area contributed by atoms with Crippen LogP contribution in [-0.4, -0.2) is 29.5 Å². The van der Waals surface area contributed by atoms with Crippen LogP contribution in [0.3, 0.4) is 0 Å². The van der Waals surface area contributed by atoms with Crippen molar-refractivity contribution in [1.29, 1.82) is 0 Å². The van der Waals surface area contributed by atoms with Gasteiger partial charge in [0.2, 0.25) is 0 Å². The van der Waals surface area contributed by atoms with Crippen LogP contribution in [0.4, 0.5) is 5.69 Å². The van der Waals surface area contributed by atoms with E-state index < -0.39 is 0 Å². The quantitative estimate of drug-likeness (QED) is 0.674. The predicted molar refractivity (Wildman–Crippen MR) is 82.6 cm³/mol. The van der Waals surface area contributed by atoms with Gasteiger partial charge in [-0.25, -0.2) is 0 Å². The SMILES string of the molecule is CCN1CCCC(CN)C1c1ccc(Br)cc1[N+](=O)[O-]. The lowest BCUT2D eigenvalue weighted by atomic mass is 9.84. The second-order valence-corrected chi connectivity index (χ2v) is 6.09. The number of hydrogen-bond acceptors (Lipinski definition) is 4. The zero-order valence-electron chi connectivity index (χ0n) is 11.6. The van der Waals surface area contributed by atoms with E-state index in [4.69, 9.17) is 5.73 Å². The van der Waals surface area contributed by atoms with Crippen LogP contribution in [0.1, 0.15) is 31.4 Å². The number of piperidine rings is 1. The number of nitrogens with zero attached hydrogens (tertiary/aromatic N) is 2. The molecule has 1 saturated heterocycles. The second-order valence-electron chi connectivity index (χ2n) is 5.17. The molecule has 0 radical (unpaired) electrons. The van der Waals surface area contributed by atoms with Crippen LogP contribution in [0.5, 0.6) is 0 Å². The van der Waals surface area contributed by atoms with E-state index in [2.05, 4.69) is 27.8 Å². The lowest BCUT2D eigenvalue weighted by Crippen LogP contribution is -2.41. The lowest BCUT2D eigenvalue weighted by Gasteiger charge is -2.40. The minimum Gasteiger partial charge on any atom is -0.330 e. The second kappa shape index (κ2) is 6.65. The smallest absolute Gasteiger partial charge is 0.275 e. The van der Waals surface area contributed by atoms with Crippen molar-refractivity contribution in [2.24, 2.45) is 11.7 Å². The summed E-state index contributed by atoms with van der Waals surface area (Å²) < 4.78 is 0.733. The summed E-state index contributed by atoms with van der Waals surface area (Å²) in [4.78, 5) is 13.3. The molecular weight excluding hydrogens is 322 g/mol. The minimum absolute atomic E-state index is 0.0484.